The van der Waals surface area contributed by atoms with Crippen LogP contribution in [0.1, 0.15) is 33.5 Å². The van der Waals surface area contributed by atoms with E-state index in [9.17, 15) is 4.79 Å². The summed E-state index contributed by atoms with van der Waals surface area (Å²) in [5.74, 6) is -3.15. The highest BCUT2D eigenvalue weighted by molar-refractivity contribution is 6.30. The Bertz CT molecular complexity index is 992. The molecule has 3 rings (SSSR count). The molecule has 1 unspecified atom stereocenters. The smallest absolute Gasteiger partial charge is 0.414 e. The van der Waals surface area contributed by atoms with Crippen LogP contribution in [0.4, 0.5) is 0 Å². The zero-order valence-electron chi connectivity index (χ0n) is 18.3. The fourth-order valence-electron chi connectivity index (χ4n) is 3.53. The molecule has 8 nitrogen and oxygen atoms in total. The van der Waals surface area contributed by atoms with E-state index in [0.717, 1.165) is 29.0 Å². The van der Waals surface area contributed by atoms with E-state index in [4.69, 9.17) is 40.9 Å². The van der Waals surface area contributed by atoms with Crippen molar-refractivity contribution in [1.82, 2.24) is 4.90 Å². The molecule has 0 aliphatic carbocycles. The molecule has 1 atom stereocenters. The lowest BCUT2D eigenvalue weighted by Gasteiger charge is -2.39. The number of benzene rings is 2. The van der Waals surface area contributed by atoms with E-state index in [1.165, 1.54) is 0 Å². The normalized spacial score (nSPS) is 17.0. The third-order valence-electron chi connectivity index (χ3n) is 5.26. The average Bonchev–Trinajstić information content (AvgIpc) is 2.74. The van der Waals surface area contributed by atoms with Crippen LogP contribution in [0.15, 0.2) is 36.4 Å². The number of nitrogens with zero attached hydrogens (tertiary/aromatic N) is 1. The maximum atomic E-state index is 12.8. The molecule has 2 aromatic rings. The van der Waals surface area contributed by atoms with Crippen molar-refractivity contribution in [2.45, 2.75) is 25.4 Å². The number of carboxylic acid groups (broad SMARTS) is 2. The number of carbonyl (C=O) groups is 3. The van der Waals surface area contributed by atoms with Gasteiger partial charge in [-0.15, -0.1) is 0 Å². The van der Waals surface area contributed by atoms with Gasteiger partial charge in [-0.1, -0.05) is 23.7 Å². The van der Waals surface area contributed by atoms with Crippen molar-refractivity contribution >= 4 is 29.5 Å². The van der Waals surface area contributed by atoms with E-state index >= 15 is 0 Å². The first-order valence-electron chi connectivity index (χ1n) is 9.77. The van der Waals surface area contributed by atoms with Crippen molar-refractivity contribution in [3.05, 3.63) is 63.7 Å². The van der Waals surface area contributed by atoms with Gasteiger partial charge in [0, 0.05) is 24.4 Å². The third-order valence-corrected chi connectivity index (χ3v) is 5.51. The summed E-state index contributed by atoms with van der Waals surface area (Å²) in [7, 11) is 5.68. The Balaban J connectivity index is 0.000000534. The second-order valence-corrected chi connectivity index (χ2v) is 8.09. The molecule has 32 heavy (non-hydrogen) atoms. The van der Waals surface area contributed by atoms with Crippen molar-refractivity contribution in [2.24, 2.45) is 0 Å². The molecule has 0 fully saturated rings. The van der Waals surface area contributed by atoms with Crippen molar-refractivity contribution in [3.63, 3.8) is 0 Å². The molecule has 0 radical (unpaired) electrons. The minimum atomic E-state index is -1.82. The van der Waals surface area contributed by atoms with Gasteiger partial charge in [0.25, 0.3) is 0 Å². The van der Waals surface area contributed by atoms with Gasteiger partial charge in [0.05, 0.1) is 12.7 Å². The van der Waals surface area contributed by atoms with Crippen LogP contribution in [0, 0.1) is 6.92 Å². The van der Waals surface area contributed by atoms with E-state index in [1.54, 1.807) is 13.2 Å². The monoisotopic (exact) mass is 463 g/mol. The van der Waals surface area contributed by atoms with Gasteiger partial charge in [-0.05, 0) is 62.0 Å². The van der Waals surface area contributed by atoms with Gasteiger partial charge in [0.15, 0.2) is 0 Å². The van der Waals surface area contributed by atoms with Gasteiger partial charge in [-0.2, -0.15) is 0 Å². The van der Waals surface area contributed by atoms with Gasteiger partial charge in [-0.3, -0.25) is 0 Å². The van der Waals surface area contributed by atoms with Crippen LogP contribution < -0.4 is 4.74 Å². The number of ether oxygens (including phenoxy) is 2. The Morgan fingerprint density at radius 3 is 2.22 bits per heavy atom. The second-order valence-electron chi connectivity index (χ2n) is 7.65. The van der Waals surface area contributed by atoms with E-state index < -0.39 is 17.5 Å². The predicted octanol–water partition coefficient (Wildman–Crippen LogP) is 3.37. The lowest BCUT2D eigenvalue weighted by atomic mass is 9.79. The highest BCUT2D eigenvalue weighted by Crippen LogP contribution is 2.42. The summed E-state index contributed by atoms with van der Waals surface area (Å²) < 4.78 is 11.5. The summed E-state index contributed by atoms with van der Waals surface area (Å²) in [4.78, 5) is 33.1. The second kappa shape index (κ2) is 10.5. The number of aliphatic carboxylic acids is 2. The molecule has 2 N–H and O–H groups in total. The van der Waals surface area contributed by atoms with Gasteiger partial charge >= 0.3 is 17.9 Å². The summed E-state index contributed by atoms with van der Waals surface area (Å²) in [5.41, 5.74) is 2.86. The molecule has 1 aliphatic rings. The molecule has 0 spiro atoms. The van der Waals surface area contributed by atoms with Gasteiger partial charge < -0.3 is 24.6 Å². The number of carboxylic acids is 2. The molecule has 0 aromatic heterocycles. The highest BCUT2D eigenvalue weighted by atomic mass is 35.5. The van der Waals surface area contributed by atoms with E-state index in [0.29, 0.717) is 23.4 Å². The summed E-state index contributed by atoms with van der Waals surface area (Å²) in [6.45, 7) is 2.79. The molecule has 0 saturated heterocycles. The molecule has 1 aliphatic heterocycles. The Labute approximate surface area is 191 Å². The SMILES string of the molecule is COc1ccc2c(c1C)CC(CCN(C)C)(c1ccc(Cl)cc1)OC2=O.O=C(O)C(=O)O. The lowest BCUT2D eigenvalue weighted by Crippen LogP contribution is -2.41. The molecule has 0 bridgehead atoms. The summed E-state index contributed by atoms with van der Waals surface area (Å²) in [6.07, 6.45) is 1.32. The van der Waals surface area contributed by atoms with E-state index in [1.807, 2.05) is 51.4 Å². The number of halogens is 1. The van der Waals surface area contributed by atoms with Crippen LogP contribution in [0.2, 0.25) is 5.02 Å². The van der Waals surface area contributed by atoms with Crippen LogP contribution in [0.5, 0.6) is 5.75 Å². The number of esters is 1. The molecule has 0 amide bonds. The summed E-state index contributed by atoms with van der Waals surface area (Å²) >= 11 is 6.07. The van der Waals surface area contributed by atoms with Gasteiger partial charge in [0.1, 0.15) is 11.4 Å². The van der Waals surface area contributed by atoms with Crippen LogP contribution in [0.3, 0.4) is 0 Å². The molecule has 2 aromatic carbocycles. The number of cyclic esters (lactones) is 1. The van der Waals surface area contributed by atoms with Crippen molar-refractivity contribution in [1.29, 1.82) is 0 Å². The maximum Gasteiger partial charge on any atom is 0.414 e. The first-order chi connectivity index (χ1) is 15.0. The third kappa shape index (κ3) is 5.77. The van der Waals surface area contributed by atoms with Crippen molar-refractivity contribution in [3.8, 4) is 5.75 Å². The fourth-order valence-corrected chi connectivity index (χ4v) is 3.66. The molecular formula is C23H26ClNO7. The summed E-state index contributed by atoms with van der Waals surface area (Å²) in [5, 5.41) is 15.4. The Morgan fingerprint density at radius 1 is 1.12 bits per heavy atom. The predicted molar refractivity (Wildman–Crippen MR) is 118 cm³/mol. The zero-order chi connectivity index (χ0) is 24.1. The standard InChI is InChI=1S/C21H24ClNO3.C2H2O4/c1-14-18-13-21(11-12-23(2)3,15-5-7-16(22)8-6-15)26-20(24)17(18)9-10-19(14)25-4;3-1(4)2(5)6/h5-10H,11-13H2,1-4H3;(H,3,4)(H,5,6). The maximum absolute atomic E-state index is 12.8. The number of fused-ring (bicyclic) bond motifs is 1. The largest absolute Gasteiger partial charge is 0.496 e. The highest BCUT2D eigenvalue weighted by Gasteiger charge is 2.42. The minimum Gasteiger partial charge on any atom is -0.496 e. The molecule has 1 heterocycles. The Morgan fingerprint density at radius 2 is 1.72 bits per heavy atom. The van der Waals surface area contributed by atoms with E-state index in [-0.39, 0.29) is 5.97 Å². The van der Waals surface area contributed by atoms with Crippen molar-refractivity contribution in [2.75, 3.05) is 27.7 Å². The molecule has 9 heteroatoms. The van der Waals surface area contributed by atoms with E-state index in [2.05, 4.69) is 4.90 Å². The number of hydrogen-bond acceptors (Lipinski definition) is 6. The van der Waals surface area contributed by atoms with Gasteiger partial charge in [0.2, 0.25) is 0 Å². The average molecular weight is 464 g/mol. The minimum absolute atomic E-state index is 0.286. The van der Waals surface area contributed by atoms with Gasteiger partial charge in [-0.25, -0.2) is 14.4 Å². The molecule has 0 saturated carbocycles. The van der Waals surface area contributed by atoms with Crippen LogP contribution in [-0.2, 0) is 26.3 Å². The Hall–Kier alpha value is -3.10. The fraction of sp³-hybridized carbons (Fsp3) is 0.348. The first-order valence-corrected chi connectivity index (χ1v) is 10.2. The molecular weight excluding hydrogens is 438 g/mol. The van der Waals surface area contributed by atoms with Crippen molar-refractivity contribution < 1.29 is 34.1 Å². The van der Waals surface area contributed by atoms with Crippen LogP contribution in [0.25, 0.3) is 0 Å². The number of methoxy groups -OCH3 is 1. The number of rotatable bonds is 5. The first kappa shape index (κ1) is 25.2. The zero-order valence-corrected chi connectivity index (χ0v) is 19.1. The summed E-state index contributed by atoms with van der Waals surface area (Å²) in [6, 6.07) is 11.2. The van der Waals surface area contributed by atoms with Crippen LogP contribution >= 0.6 is 11.6 Å². The number of carbonyl (C=O) groups excluding carboxylic acids is 1. The number of hydrogen-bond donors (Lipinski definition) is 2. The molecule has 172 valence electrons. The lowest BCUT2D eigenvalue weighted by molar-refractivity contribution is -0.159. The van der Waals surface area contributed by atoms with Crippen LogP contribution in [-0.4, -0.2) is 60.8 Å². The topological polar surface area (TPSA) is 113 Å². The Kier molecular flexibility index (Phi) is 8.24. The quantitative estimate of drug-likeness (QED) is 0.512.